The second-order valence-corrected chi connectivity index (χ2v) is 10.7. The Morgan fingerprint density at radius 2 is 1.88 bits per heavy atom. The number of alkyl halides is 3. The minimum atomic E-state index is -4.58. The molecule has 6 nitrogen and oxygen atoms in total. The number of carbonyl (C=O) groups is 1. The van der Waals surface area contributed by atoms with Crippen LogP contribution in [0.5, 0.6) is 0 Å². The number of anilines is 1. The lowest BCUT2D eigenvalue weighted by atomic mass is 9.78. The molecule has 1 aromatic carbocycles. The number of fused-ring (bicyclic) bond motifs is 1. The number of hydrogen-bond acceptors (Lipinski definition) is 5. The third-order valence-corrected chi connectivity index (χ3v) is 8.39. The molecule has 2 heterocycles. The molecule has 2 aliphatic carbocycles. The SMILES string of the molecule is O=C(NS(=O)(=O)c1cccc2c1CCCN2)C1(c2ccc(C(F)(F)F)nc2C2CCC2)CC1. The summed E-state index contributed by atoms with van der Waals surface area (Å²) in [4.78, 5) is 17.3. The molecule has 0 bridgehead atoms. The molecule has 3 aliphatic rings. The molecular weight excluding hydrogens is 455 g/mol. The highest BCUT2D eigenvalue weighted by Crippen LogP contribution is 2.53. The Kier molecular flexibility index (Phi) is 5.19. The molecule has 0 spiro atoms. The maximum absolute atomic E-state index is 13.3. The van der Waals surface area contributed by atoms with Crippen molar-refractivity contribution < 1.29 is 26.4 Å². The lowest BCUT2D eigenvalue weighted by molar-refractivity contribution is -0.141. The van der Waals surface area contributed by atoms with Crippen molar-refractivity contribution in [2.24, 2.45) is 0 Å². The van der Waals surface area contributed by atoms with Gasteiger partial charge in [0.1, 0.15) is 5.69 Å². The Labute approximate surface area is 190 Å². The van der Waals surface area contributed by atoms with Gasteiger partial charge >= 0.3 is 6.18 Å². The molecule has 0 saturated heterocycles. The average molecular weight is 480 g/mol. The summed E-state index contributed by atoms with van der Waals surface area (Å²) in [5.74, 6) is -0.845. The maximum Gasteiger partial charge on any atom is 0.433 e. The van der Waals surface area contributed by atoms with Crippen molar-refractivity contribution in [3.63, 3.8) is 0 Å². The van der Waals surface area contributed by atoms with Gasteiger partial charge in [-0.2, -0.15) is 13.2 Å². The number of nitrogens with zero attached hydrogens (tertiary/aromatic N) is 1. The van der Waals surface area contributed by atoms with Gasteiger partial charge in [-0.3, -0.25) is 4.79 Å². The van der Waals surface area contributed by atoms with Crippen LogP contribution < -0.4 is 10.0 Å². The van der Waals surface area contributed by atoms with Gasteiger partial charge in [0.25, 0.3) is 10.0 Å². The van der Waals surface area contributed by atoms with Crippen LogP contribution in [0.2, 0.25) is 0 Å². The number of carbonyl (C=O) groups excluding carboxylic acids is 1. The summed E-state index contributed by atoms with van der Waals surface area (Å²) in [6.07, 6.45) is -0.179. The van der Waals surface area contributed by atoms with Crippen LogP contribution in [0, 0.1) is 0 Å². The molecule has 1 amide bonds. The highest BCUT2D eigenvalue weighted by Gasteiger charge is 2.55. The van der Waals surface area contributed by atoms with Crippen molar-refractivity contribution in [3.8, 4) is 0 Å². The van der Waals surface area contributed by atoms with Crippen LogP contribution in [0.4, 0.5) is 18.9 Å². The molecule has 2 aromatic rings. The zero-order valence-corrected chi connectivity index (χ0v) is 18.7. The van der Waals surface area contributed by atoms with E-state index in [4.69, 9.17) is 0 Å². The van der Waals surface area contributed by atoms with Crippen LogP contribution >= 0.6 is 0 Å². The first-order valence-electron chi connectivity index (χ1n) is 11.1. The molecule has 1 aliphatic heterocycles. The number of aromatic nitrogens is 1. The van der Waals surface area contributed by atoms with Gasteiger partial charge in [-0.25, -0.2) is 18.1 Å². The van der Waals surface area contributed by atoms with E-state index in [1.54, 1.807) is 12.1 Å². The summed E-state index contributed by atoms with van der Waals surface area (Å²) in [5, 5.41) is 3.17. The second kappa shape index (κ2) is 7.72. The first kappa shape index (κ1) is 22.2. The van der Waals surface area contributed by atoms with Gasteiger partial charge in [-0.05, 0) is 67.9 Å². The number of halogens is 3. The molecule has 0 radical (unpaired) electrons. The van der Waals surface area contributed by atoms with Gasteiger partial charge in [0.2, 0.25) is 5.91 Å². The van der Waals surface area contributed by atoms with Gasteiger partial charge in [-0.15, -0.1) is 0 Å². The Morgan fingerprint density at radius 3 is 2.52 bits per heavy atom. The van der Waals surface area contributed by atoms with E-state index in [-0.39, 0.29) is 16.5 Å². The molecule has 1 aromatic heterocycles. The predicted octanol–water partition coefficient (Wildman–Crippen LogP) is 4.26. The third-order valence-electron chi connectivity index (χ3n) is 6.98. The smallest absolute Gasteiger partial charge is 0.385 e. The molecule has 2 fully saturated rings. The van der Waals surface area contributed by atoms with E-state index >= 15 is 0 Å². The lowest BCUT2D eigenvalue weighted by Gasteiger charge is -2.30. The average Bonchev–Trinajstić information content (AvgIpc) is 3.53. The second-order valence-electron chi connectivity index (χ2n) is 9.08. The minimum Gasteiger partial charge on any atom is -0.385 e. The third kappa shape index (κ3) is 3.88. The highest BCUT2D eigenvalue weighted by molar-refractivity contribution is 7.90. The summed E-state index contributed by atoms with van der Waals surface area (Å²) in [7, 11) is -4.15. The number of amides is 1. The van der Waals surface area contributed by atoms with E-state index in [0.29, 0.717) is 43.2 Å². The number of rotatable bonds is 5. The fraction of sp³-hybridized carbons (Fsp3) is 0.478. The van der Waals surface area contributed by atoms with E-state index in [1.807, 2.05) is 0 Å². The van der Waals surface area contributed by atoms with Gasteiger partial charge in [0.05, 0.1) is 10.3 Å². The molecule has 10 heteroatoms. The standard InChI is InChI=1S/C23H24F3N3O3S/c24-23(25,26)19-10-9-16(20(28-19)14-4-1-5-14)22(11-12-22)21(30)29-33(31,32)18-8-2-7-17-15(18)6-3-13-27-17/h2,7-10,14,27H,1,3-6,11-13H2,(H,29,30). The van der Waals surface area contributed by atoms with Crippen LogP contribution in [0.3, 0.4) is 0 Å². The van der Waals surface area contributed by atoms with Crippen molar-refractivity contribution >= 4 is 21.6 Å². The van der Waals surface area contributed by atoms with Crippen LogP contribution in [0.15, 0.2) is 35.2 Å². The molecule has 0 atom stereocenters. The first-order valence-corrected chi connectivity index (χ1v) is 12.6. The quantitative estimate of drug-likeness (QED) is 0.669. The fourth-order valence-electron chi connectivity index (χ4n) is 4.78. The van der Waals surface area contributed by atoms with Crippen LogP contribution in [0.1, 0.15) is 67.0 Å². The normalized spacial score (nSPS) is 19.7. The van der Waals surface area contributed by atoms with E-state index < -0.39 is 33.2 Å². The number of pyridine rings is 1. The fourth-order valence-corrected chi connectivity index (χ4v) is 6.12. The van der Waals surface area contributed by atoms with E-state index in [9.17, 15) is 26.4 Å². The number of hydrogen-bond donors (Lipinski definition) is 2. The predicted molar refractivity (Wildman–Crippen MR) is 115 cm³/mol. The maximum atomic E-state index is 13.3. The molecule has 0 unspecified atom stereocenters. The first-order chi connectivity index (χ1) is 15.6. The molecule has 176 valence electrons. The monoisotopic (exact) mass is 479 g/mol. The summed E-state index contributed by atoms with van der Waals surface area (Å²) >= 11 is 0. The van der Waals surface area contributed by atoms with Crippen LogP contribution in [-0.4, -0.2) is 25.9 Å². The zero-order chi connectivity index (χ0) is 23.4. The Balaban J connectivity index is 1.48. The van der Waals surface area contributed by atoms with Crippen molar-refractivity contribution in [1.82, 2.24) is 9.71 Å². The largest absolute Gasteiger partial charge is 0.433 e. The highest BCUT2D eigenvalue weighted by atomic mass is 32.2. The summed E-state index contributed by atoms with van der Waals surface area (Å²) < 4.78 is 68.4. The molecular formula is C23H24F3N3O3S. The van der Waals surface area contributed by atoms with Gasteiger partial charge in [0.15, 0.2) is 0 Å². The summed E-state index contributed by atoms with van der Waals surface area (Å²) in [5.41, 5.74) is -0.0768. The van der Waals surface area contributed by atoms with Crippen molar-refractivity contribution in [1.29, 1.82) is 0 Å². The van der Waals surface area contributed by atoms with Crippen LogP contribution in [-0.2, 0) is 32.8 Å². The van der Waals surface area contributed by atoms with E-state index in [2.05, 4.69) is 15.0 Å². The molecule has 2 N–H and O–H groups in total. The zero-order valence-electron chi connectivity index (χ0n) is 17.8. The number of sulfonamides is 1. The number of nitrogens with one attached hydrogen (secondary N) is 2. The topological polar surface area (TPSA) is 88.2 Å². The molecule has 33 heavy (non-hydrogen) atoms. The van der Waals surface area contributed by atoms with E-state index in [1.165, 1.54) is 12.1 Å². The Morgan fingerprint density at radius 1 is 1.12 bits per heavy atom. The Bertz CT molecular complexity index is 1220. The van der Waals surface area contributed by atoms with E-state index in [0.717, 1.165) is 31.1 Å². The van der Waals surface area contributed by atoms with Crippen molar-refractivity contribution in [2.45, 2.75) is 67.4 Å². The summed E-state index contributed by atoms with van der Waals surface area (Å²) in [6, 6.07) is 7.10. The summed E-state index contributed by atoms with van der Waals surface area (Å²) in [6.45, 7) is 0.747. The number of benzene rings is 1. The molecule has 5 rings (SSSR count). The van der Waals surface area contributed by atoms with Crippen LogP contribution in [0.25, 0.3) is 0 Å². The van der Waals surface area contributed by atoms with Gasteiger partial charge in [-0.1, -0.05) is 18.6 Å². The van der Waals surface area contributed by atoms with Crippen molar-refractivity contribution in [2.75, 3.05) is 11.9 Å². The lowest BCUT2D eigenvalue weighted by Crippen LogP contribution is -2.40. The molecule has 2 saturated carbocycles. The Hall–Kier alpha value is -2.62. The van der Waals surface area contributed by atoms with Crippen molar-refractivity contribution in [3.05, 3.63) is 52.8 Å². The minimum absolute atomic E-state index is 0.0566. The van der Waals surface area contributed by atoms with Gasteiger partial charge < -0.3 is 5.32 Å². The van der Waals surface area contributed by atoms with Gasteiger partial charge in [0, 0.05) is 23.8 Å².